The van der Waals surface area contributed by atoms with Crippen molar-refractivity contribution in [1.82, 2.24) is 5.32 Å². The highest BCUT2D eigenvalue weighted by Gasteiger charge is 2.44. The standard InChI is InChI=1S/C14H21NO3/c1-10-14(16,18-9-13(2,3)15-10)11-5-7-12(17-4)8-6-11/h5-8,10,15-16H,9H2,1-4H3. The molecule has 2 N–H and O–H groups in total. The molecule has 1 fully saturated rings. The molecule has 4 heteroatoms. The van der Waals surface area contributed by atoms with Crippen LogP contribution in [0.2, 0.25) is 0 Å². The first-order chi connectivity index (χ1) is 8.37. The molecule has 4 nitrogen and oxygen atoms in total. The monoisotopic (exact) mass is 251 g/mol. The van der Waals surface area contributed by atoms with Crippen molar-refractivity contribution < 1.29 is 14.6 Å². The zero-order valence-corrected chi connectivity index (χ0v) is 11.4. The number of aliphatic hydroxyl groups is 1. The number of rotatable bonds is 2. The van der Waals surface area contributed by atoms with Crippen LogP contribution in [0.15, 0.2) is 24.3 Å². The van der Waals surface area contributed by atoms with Crippen LogP contribution in [0.3, 0.4) is 0 Å². The van der Waals surface area contributed by atoms with E-state index in [1.807, 2.05) is 31.2 Å². The van der Waals surface area contributed by atoms with Gasteiger partial charge < -0.3 is 19.9 Å². The van der Waals surface area contributed by atoms with Crippen LogP contribution in [0, 0.1) is 0 Å². The summed E-state index contributed by atoms with van der Waals surface area (Å²) in [5.74, 6) is -0.527. The highest BCUT2D eigenvalue weighted by Crippen LogP contribution is 2.33. The molecule has 18 heavy (non-hydrogen) atoms. The molecule has 2 unspecified atom stereocenters. The molecule has 2 rings (SSSR count). The number of ether oxygens (including phenoxy) is 2. The lowest BCUT2D eigenvalue weighted by atomic mass is 9.92. The van der Waals surface area contributed by atoms with Gasteiger partial charge in [0.15, 0.2) is 0 Å². The highest BCUT2D eigenvalue weighted by molar-refractivity contribution is 5.31. The van der Waals surface area contributed by atoms with Crippen molar-refractivity contribution in [2.75, 3.05) is 13.7 Å². The Bertz CT molecular complexity index is 416. The average Bonchev–Trinajstić information content (AvgIpc) is 2.34. The largest absolute Gasteiger partial charge is 0.497 e. The summed E-state index contributed by atoms with van der Waals surface area (Å²) in [6.07, 6.45) is 0. The molecular formula is C14H21NO3. The van der Waals surface area contributed by atoms with Crippen LogP contribution in [0.1, 0.15) is 26.3 Å². The lowest BCUT2D eigenvalue weighted by Crippen LogP contribution is -2.63. The number of methoxy groups -OCH3 is 1. The number of morpholine rings is 1. The summed E-state index contributed by atoms with van der Waals surface area (Å²) in [5.41, 5.74) is 0.608. The van der Waals surface area contributed by atoms with Crippen LogP contribution in [0.5, 0.6) is 5.75 Å². The zero-order valence-electron chi connectivity index (χ0n) is 11.4. The molecule has 0 aromatic heterocycles. The molecule has 1 aliphatic heterocycles. The molecule has 100 valence electrons. The third-order valence-corrected chi connectivity index (χ3v) is 3.35. The van der Waals surface area contributed by atoms with Gasteiger partial charge in [-0.15, -0.1) is 0 Å². The lowest BCUT2D eigenvalue weighted by Gasteiger charge is -2.46. The maximum absolute atomic E-state index is 10.7. The van der Waals surface area contributed by atoms with Gasteiger partial charge in [0.2, 0.25) is 5.79 Å². The quantitative estimate of drug-likeness (QED) is 0.839. The number of benzene rings is 1. The molecular weight excluding hydrogens is 230 g/mol. The SMILES string of the molecule is COc1ccc(C2(O)OCC(C)(C)NC2C)cc1. The fourth-order valence-electron chi connectivity index (χ4n) is 2.30. The third kappa shape index (κ3) is 2.36. The maximum Gasteiger partial charge on any atom is 0.208 e. The fraction of sp³-hybridized carbons (Fsp3) is 0.571. The summed E-state index contributed by atoms with van der Waals surface area (Å²) in [6, 6.07) is 7.12. The molecule has 1 heterocycles. The second kappa shape index (κ2) is 4.53. The molecule has 0 bridgehead atoms. The van der Waals surface area contributed by atoms with E-state index in [1.54, 1.807) is 7.11 Å². The minimum atomic E-state index is -1.29. The highest BCUT2D eigenvalue weighted by atomic mass is 16.6. The fourth-order valence-corrected chi connectivity index (χ4v) is 2.30. The van der Waals surface area contributed by atoms with Crippen LogP contribution >= 0.6 is 0 Å². The van der Waals surface area contributed by atoms with E-state index in [2.05, 4.69) is 19.2 Å². The Morgan fingerprint density at radius 3 is 2.44 bits per heavy atom. The molecule has 0 amide bonds. The molecule has 1 aromatic carbocycles. The minimum Gasteiger partial charge on any atom is -0.497 e. The Hall–Kier alpha value is -1.10. The molecule has 0 spiro atoms. The van der Waals surface area contributed by atoms with Crippen molar-refractivity contribution >= 4 is 0 Å². The van der Waals surface area contributed by atoms with Crippen LogP contribution in [-0.4, -0.2) is 30.4 Å². The number of nitrogens with one attached hydrogen (secondary N) is 1. The van der Waals surface area contributed by atoms with Crippen LogP contribution < -0.4 is 10.1 Å². The van der Waals surface area contributed by atoms with E-state index in [9.17, 15) is 5.11 Å². The van der Waals surface area contributed by atoms with Gasteiger partial charge in [-0.1, -0.05) is 0 Å². The van der Waals surface area contributed by atoms with Crippen molar-refractivity contribution in [3.63, 3.8) is 0 Å². The van der Waals surface area contributed by atoms with Gasteiger partial charge in [0.25, 0.3) is 0 Å². The molecule has 1 aliphatic rings. The molecule has 1 saturated heterocycles. The van der Waals surface area contributed by atoms with E-state index in [1.165, 1.54) is 0 Å². The predicted octanol–water partition coefficient (Wildman–Crippen LogP) is 1.63. The second-order valence-electron chi connectivity index (χ2n) is 5.46. The van der Waals surface area contributed by atoms with Gasteiger partial charge in [-0.05, 0) is 45.0 Å². The van der Waals surface area contributed by atoms with Gasteiger partial charge >= 0.3 is 0 Å². The van der Waals surface area contributed by atoms with Gasteiger partial charge in [-0.25, -0.2) is 0 Å². The zero-order chi connectivity index (χ0) is 13.4. The van der Waals surface area contributed by atoms with E-state index in [0.29, 0.717) is 6.61 Å². The average molecular weight is 251 g/mol. The normalized spacial score (nSPS) is 31.1. The number of hydrogen-bond donors (Lipinski definition) is 2. The Morgan fingerprint density at radius 2 is 1.94 bits per heavy atom. The van der Waals surface area contributed by atoms with Crippen LogP contribution in [0.25, 0.3) is 0 Å². The Kier molecular flexibility index (Phi) is 3.36. The molecule has 2 atom stereocenters. The number of hydrogen-bond acceptors (Lipinski definition) is 4. The maximum atomic E-state index is 10.7. The molecule has 0 aliphatic carbocycles. The van der Waals surface area contributed by atoms with Crippen molar-refractivity contribution in [3.8, 4) is 5.75 Å². The van der Waals surface area contributed by atoms with E-state index >= 15 is 0 Å². The Labute approximate surface area is 108 Å². The first kappa shape index (κ1) is 13.3. The first-order valence-corrected chi connectivity index (χ1v) is 6.16. The van der Waals surface area contributed by atoms with Crippen LogP contribution in [-0.2, 0) is 10.5 Å². The van der Waals surface area contributed by atoms with E-state index in [-0.39, 0.29) is 11.6 Å². The van der Waals surface area contributed by atoms with Crippen molar-refractivity contribution in [2.45, 2.75) is 38.1 Å². The lowest BCUT2D eigenvalue weighted by molar-refractivity contribution is -0.263. The van der Waals surface area contributed by atoms with E-state index < -0.39 is 5.79 Å². The van der Waals surface area contributed by atoms with Gasteiger partial charge in [0.1, 0.15) is 5.75 Å². The predicted molar refractivity (Wildman–Crippen MR) is 69.5 cm³/mol. The summed E-state index contributed by atoms with van der Waals surface area (Å²) in [6.45, 7) is 6.49. The van der Waals surface area contributed by atoms with Gasteiger partial charge in [-0.2, -0.15) is 0 Å². The minimum absolute atomic E-state index is 0.127. The van der Waals surface area contributed by atoms with Crippen molar-refractivity contribution in [3.05, 3.63) is 29.8 Å². The van der Waals surface area contributed by atoms with Crippen molar-refractivity contribution in [2.24, 2.45) is 0 Å². The van der Waals surface area contributed by atoms with E-state index in [0.717, 1.165) is 11.3 Å². The van der Waals surface area contributed by atoms with Gasteiger partial charge in [0.05, 0.1) is 19.8 Å². The third-order valence-electron chi connectivity index (χ3n) is 3.35. The molecule has 0 radical (unpaired) electrons. The summed E-state index contributed by atoms with van der Waals surface area (Å²) in [4.78, 5) is 0. The molecule has 0 saturated carbocycles. The van der Waals surface area contributed by atoms with E-state index in [4.69, 9.17) is 9.47 Å². The Morgan fingerprint density at radius 1 is 1.33 bits per heavy atom. The van der Waals surface area contributed by atoms with Crippen molar-refractivity contribution in [1.29, 1.82) is 0 Å². The summed E-state index contributed by atoms with van der Waals surface area (Å²) >= 11 is 0. The molecule has 1 aromatic rings. The van der Waals surface area contributed by atoms with Crippen LogP contribution in [0.4, 0.5) is 0 Å². The topological polar surface area (TPSA) is 50.7 Å². The summed E-state index contributed by atoms with van der Waals surface area (Å²) in [7, 11) is 1.62. The smallest absolute Gasteiger partial charge is 0.208 e. The van der Waals surface area contributed by atoms with Gasteiger partial charge in [0, 0.05) is 11.1 Å². The second-order valence-corrected chi connectivity index (χ2v) is 5.46. The summed E-state index contributed by atoms with van der Waals surface area (Å²) in [5, 5.41) is 14.0. The summed E-state index contributed by atoms with van der Waals surface area (Å²) < 4.78 is 10.8. The van der Waals surface area contributed by atoms with Gasteiger partial charge in [-0.3, -0.25) is 0 Å². The first-order valence-electron chi connectivity index (χ1n) is 6.16. The Balaban J connectivity index is 2.25.